The van der Waals surface area contributed by atoms with Gasteiger partial charge in [-0.25, -0.2) is 4.68 Å². The minimum absolute atomic E-state index is 0.184. The molecule has 3 rings (SSSR count). The van der Waals surface area contributed by atoms with Crippen LogP contribution >= 0.6 is 0 Å². The monoisotopic (exact) mass is 327 g/mol. The van der Waals surface area contributed by atoms with Gasteiger partial charge in [0.2, 0.25) is 0 Å². The molecule has 1 aromatic carbocycles. The second kappa shape index (κ2) is 7.40. The van der Waals surface area contributed by atoms with E-state index in [1.165, 1.54) is 16.8 Å². The fraction of sp³-hybridized carbons (Fsp3) is 0.389. The van der Waals surface area contributed by atoms with Crippen LogP contribution in [0.15, 0.2) is 47.3 Å². The summed E-state index contributed by atoms with van der Waals surface area (Å²) in [5, 5.41) is 17.0. The van der Waals surface area contributed by atoms with Crippen LogP contribution in [0.5, 0.6) is 0 Å². The van der Waals surface area contributed by atoms with Crippen molar-refractivity contribution in [3.05, 3.63) is 64.1 Å². The quantitative estimate of drug-likeness (QED) is 0.887. The lowest BCUT2D eigenvalue weighted by Gasteiger charge is -2.28. The van der Waals surface area contributed by atoms with Crippen molar-refractivity contribution in [3.63, 3.8) is 0 Å². The Bertz CT molecular complexity index is 758. The summed E-state index contributed by atoms with van der Waals surface area (Å²) in [5.74, 6) is -0.359. The van der Waals surface area contributed by atoms with Crippen LogP contribution < -0.4 is 10.9 Å². The molecule has 1 saturated carbocycles. The van der Waals surface area contributed by atoms with Crippen molar-refractivity contribution >= 4 is 5.91 Å². The highest BCUT2D eigenvalue weighted by atomic mass is 16.3. The molecule has 1 aliphatic carbocycles. The normalized spacial score (nSPS) is 20.5. The highest BCUT2D eigenvalue weighted by Crippen LogP contribution is 2.18. The maximum Gasteiger partial charge on any atom is 0.272 e. The van der Waals surface area contributed by atoms with Crippen molar-refractivity contribution in [2.24, 2.45) is 0 Å². The average molecular weight is 327 g/mol. The number of aromatic nitrogens is 2. The second-order valence-electron chi connectivity index (χ2n) is 6.13. The van der Waals surface area contributed by atoms with Gasteiger partial charge in [0.1, 0.15) is 5.69 Å². The Morgan fingerprint density at radius 1 is 1.17 bits per heavy atom. The van der Waals surface area contributed by atoms with Gasteiger partial charge in [-0.15, -0.1) is 0 Å². The van der Waals surface area contributed by atoms with E-state index in [9.17, 15) is 14.7 Å². The standard InChI is InChI=1S/C18H21N3O3/c22-16-9-5-4-8-14(16)19-18(24)15-10-11-17(23)21(20-15)12-13-6-2-1-3-7-13/h1-3,6-7,10-11,14,16,22H,4-5,8-9,12H2,(H,19,24). The minimum atomic E-state index is -0.516. The number of aliphatic hydroxyl groups excluding tert-OH is 1. The maximum atomic E-state index is 12.4. The van der Waals surface area contributed by atoms with Crippen molar-refractivity contribution in [3.8, 4) is 0 Å². The van der Waals surface area contributed by atoms with E-state index in [2.05, 4.69) is 10.4 Å². The first-order valence-electron chi connectivity index (χ1n) is 8.24. The molecule has 1 aromatic heterocycles. The lowest BCUT2D eigenvalue weighted by atomic mass is 9.92. The van der Waals surface area contributed by atoms with Gasteiger partial charge in [0.05, 0.1) is 18.7 Å². The number of carbonyl (C=O) groups is 1. The maximum absolute atomic E-state index is 12.4. The molecule has 1 aliphatic rings. The molecule has 2 N–H and O–H groups in total. The van der Waals surface area contributed by atoms with E-state index in [1.807, 2.05) is 30.3 Å². The van der Waals surface area contributed by atoms with E-state index in [-0.39, 0.29) is 23.2 Å². The Morgan fingerprint density at radius 2 is 1.92 bits per heavy atom. The van der Waals surface area contributed by atoms with Crippen LogP contribution in [0.1, 0.15) is 41.7 Å². The number of hydrogen-bond donors (Lipinski definition) is 2. The molecule has 1 amide bonds. The van der Waals surface area contributed by atoms with Gasteiger partial charge >= 0.3 is 0 Å². The van der Waals surface area contributed by atoms with Crippen molar-refractivity contribution in [1.82, 2.24) is 15.1 Å². The zero-order valence-electron chi connectivity index (χ0n) is 13.4. The molecule has 126 valence electrons. The van der Waals surface area contributed by atoms with E-state index in [0.29, 0.717) is 13.0 Å². The van der Waals surface area contributed by atoms with Crippen LogP contribution in [-0.2, 0) is 6.54 Å². The fourth-order valence-electron chi connectivity index (χ4n) is 2.96. The molecule has 0 spiro atoms. The van der Waals surface area contributed by atoms with Gasteiger partial charge in [0.25, 0.3) is 11.5 Å². The molecule has 6 nitrogen and oxygen atoms in total. The van der Waals surface area contributed by atoms with Gasteiger partial charge in [0.15, 0.2) is 0 Å². The average Bonchev–Trinajstić information content (AvgIpc) is 2.60. The Balaban J connectivity index is 1.75. The van der Waals surface area contributed by atoms with Gasteiger partial charge in [0, 0.05) is 6.07 Å². The number of nitrogens with one attached hydrogen (secondary N) is 1. The molecular formula is C18H21N3O3. The fourth-order valence-corrected chi connectivity index (χ4v) is 2.96. The first kappa shape index (κ1) is 16.4. The zero-order valence-corrected chi connectivity index (χ0v) is 13.4. The zero-order chi connectivity index (χ0) is 16.9. The molecule has 1 heterocycles. The summed E-state index contributed by atoms with van der Waals surface area (Å²) < 4.78 is 1.28. The highest BCUT2D eigenvalue weighted by Gasteiger charge is 2.25. The first-order chi connectivity index (χ1) is 11.6. The summed E-state index contributed by atoms with van der Waals surface area (Å²) in [7, 11) is 0. The predicted molar refractivity (Wildman–Crippen MR) is 89.8 cm³/mol. The van der Waals surface area contributed by atoms with Crippen LogP contribution in [0.4, 0.5) is 0 Å². The number of nitrogens with zero attached hydrogens (tertiary/aromatic N) is 2. The van der Waals surface area contributed by atoms with Crippen LogP contribution in [0.2, 0.25) is 0 Å². The Hall–Kier alpha value is -2.47. The van der Waals surface area contributed by atoms with Gasteiger partial charge in [-0.3, -0.25) is 9.59 Å². The van der Waals surface area contributed by atoms with Crippen molar-refractivity contribution < 1.29 is 9.90 Å². The molecule has 24 heavy (non-hydrogen) atoms. The first-order valence-corrected chi connectivity index (χ1v) is 8.24. The molecule has 1 fully saturated rings. The summed E-state index contributed by atoms with van der Waals surface area (Å²) in [6, 6.07) is 12.0. The van der Waals surface area contributed by atoms with Crippen LogP contribution in [-0.4, -0.2) is 32.9 Å². The van der Waals surface area contributed by atoms with Crippen LogP contribution in [0.3, 0.4) is 0 Å². The van der Waals surface area contributed by atoms with E-state index in [4.69, 9.17) is 0 Å². The molecule has 0 bridgehead atoms. The van der Waals surface area contributed by atoms with Gasteiger partial charge in [-0.1, -0.05) is 43.2 Å². The third kappa shape index (κ3) is 3.89. The Morgan fingerprint density at radius 3 is 2.67 bits per heavy atom. The summed E-state index contributed by atoms with van der Waals surface area (Å²) in [4.78, 5) is 24.3. The van der Waals surface area contributed by atoms with E-state index in [0.717, 1.165) is 24.8 Å². The smallest absolute Gasteiger partial charge is 0.272 e. The number of benzene rings is 1. The van der Waals surface area contributed by atoms with Crippen molar-refractivity contribution in [2.75, 3.05) is 0 Å². The SMILES string of the molecule is O=C(NC1CCCCC1O)c1ccc(=O)n(Cc2ccccc2)n1. The van der Waals surface area contributed by atoms with Crippen molar-refractivity contribution in [2.45, 2.75) is 44.4 Å². The van der Waals surface area contributed by atoms with Gasteiger partial charge < -0.3 is 10.4 Å². The second-order valence-corrected chi connectivity index (χ2v) is 6.13. The number of amides is 1. The third-order valence-corrected chi connectivity index (χ3v) is 4.32. The molecule has 2 unspecified atom stereocenters. The van der Waals surface area contributed by atoms with E-state index in [1.54, 1.807) is 0 Å². The molecular weight excluding hydrogens is 306 g/mol. The van der Waals surface area contributed by atoms with E-state index < -0.39 is 6.10 Å². The Kier molecular flexibility index (Phi) is 5.05. The topological polar surface area (TPSA) is 84.2 Å². The molecule has 6 heteroatoms. The van der Waals surface area contributed by atoms with Crippen LogP contribution in [0, 0.1) is 0 Å². The van der Waals surface area contributed by atoms with Crippen LogP contribution in [0.25, 0.3) is 0 Å². The largest absolute Gasteiger partial charge is 0.391 e. The minimum Gasteiger partial charge on any atom is -0.391 e. The molecule has 0 saturated heterocycles. The summed E-state index contributed by atoms with van der Waals surface area (Å²) in [6.07, 6.45) is 2.91. The number of rotatable bonds is 4. The third-order valence-electron chi connectivity index (χ3n) is 4.32. The number of carbonyl (C=O) groups excluding carboxylic acids is 1. The lowest BCUT2D eigenvalue weighted by molar-refractivity contribution is 0.0712. The number of hydrogen-bond acceptors (Lipinski definition) is 4. The predicted octanol–water partition coefficient (Wildman–Crippen LogP) is 1.32. The molecule has 2 aromatic rings. The molecule has 0 aliphatic heterocycles. The summed E-state index contributed by atoms with van der Waals surface area (Å²) in [6.45, 7) is 0.312. The van der Waals surface area contributed by atoms with Crippen molar-refractivity contribution in [1.29, 1.82) is 0 Å². The molecule has 0 radical (unpaired) electrons. The lowest BCUT2D eigenvalue weighted by Crippen LogP contribution is -2.45. The molecule has 2 atom stereocenters. The van der Waals surface area contributed by atoms with E-state index >= 15 is 0 Å². The highest BCUT2D eigenvalue weighted by molar-refractivity contribution is 5.92. The summed E-state index contributed by atoms with van der Waals surface area (Å²) in [5.41, 5.74) is 0.865. The van der Waals surface area contributed by atoms with Gasteiger partial charge in [-0.2, -0.15) is 5.10 Å². The Labute approximate surface area is 140 Å². The summed E-state index contributed by atoms with van der Waals surface area (Å²) >= 11 is 0. The number of aliphatic hydroxyl groups is 1. The van der Waals surface area contributed by atoms with Gasteiger partial charge in [-0.05, 0) is 24.5 Å².